The van der Waals surface area contributed by atoms with E-state index in [-0.39, 0.29) is 11.8 Å². The van der Waals surface area contributed by atoms with Crippen LogP contribution in [0.5, 0.6) is 5.75 Å². The van der Waals surface area contributed by atoms with Crippen LogP contribution in [0.4, 0.5) is 11.4 Å². The second-order valence-corrected chi connectivity index (χ2v) is 9.71. The van der Waals surface area contributed by atoms with Crippen molar-refractivity contribution in [2.24, 2.45) is 22.0 Å². The van der Waals surface area contributed by atoms with Gasteiger partial charge >= 0.3 is 0 Å². The van der Waals surface area contributed by atoms with E-state index in [2.05, 4.69) is 10.2 Å². The Labute approximate surface area is 217 Å². The molecule has 2 aliphatic heterocycles. The zero-order chi connectivity index (χ0) is 26.3. The lowest BCUT2D eigenvalue weighted by atomic mass is 9.73. The average Bonchev–Trinajstić information content (AvgIpc) is 3.35. The van der Waals surface area contributed by atoms with E-state index < -0.39 is 17.8 Å². The Bertz CT molecular complexity index is 1320. The highest BCUT2D eigenvalue weighted by Crippen LogP contribution is 2.43. The molecule has 3 aromatic carbocycles. The lowest BCUT2D eigenvalue weighted by molar-refractivity contribution is -0.122. The fraction of sp³-hybridized carbons (Fsp3) is 0.267. The van der Waals surface area contributed by atoms with E-state index in [4.69, 9.17) is 4.74 Å². The number of methoxy groups -OCH3 is 1. The second kappa shape index (κ2) is 9.65. The zero-order valence-electron chi connectivity index (χ0n) is 21.7. The summed E-state index contributed by atoms with van der Waals surface area (Å²) in [6.45, 7) is 7.71. The van der Waals surface area contributed by atoms with Gasteiger partial charge in [-0.25, -0.2) is 10.0 Å². The van der Waals surface area contributed by atoms with Gasteiger partial charge < -0.3 is 4.74 Å². The van der Waals surface area contributed by atoms with Crippen LogP contribution in [0.1, 0.15) is 36.5 Å². The molecule has 0 saturated heterocycles. The van der Waals surface area contributed by atoms with Gasteiger partial charge in [-0.3, -0.25) is 9.59 Å². The number of carbonyl (C=O) groups excluding carboxylic acids is 2. The Morgan fingerprint density at radius 1 is 0.703 bits per heavy atom. The highest BCUT2D eigenvalue weighted by atomic mass is 16.5. The summed E-state index contributed by atoms with van der Waals surface area (Å²) in [4.78, 5) is 27.9. The number of amides is 2. The molecule has 0 radical (unpaired) electrons. The minimum absolute atomic E-state index is 0.163. The molecule has 2 heterocycles. The number of hydrazone groups is 2. The number of hydrogen-bond donors (Lipinski definition) is 0. The van der Waals surface area contributed by atoms with Crippen molar-refractivity contribution in [3.05, 3.63) is 89.5 Å². The number of hydrogen-bond acceptors (Lipinski definition) is 5. The fourth-order valence-electron chi connectivity index (χ4n) is 5.15. The molecule has 0 fully saturated rings. The van der Waals surface area contributed by atoms with Crippen LogP contribution >= 0.6 is 0 Å². The predicted octanol–water partition coefficient (Wildman–Crippen LogP) is 5.47. The number of ether oxygens (including phenoxy) is 1. The maximum Gasteiger partial charge on any atom is 0.256 e. The van der Waals surface area contributed by atoms with Crippen LogP contribution < -0.4 is 14.8 Å². The highest BCUT2D eigenvalue weighted by Gasteiger charge is 2.50. The van der Waals surface area contributed by atoms with Gasteiger partial charge in [-0.2, -0.15) is 10.2 Å². The second-order valence-electron chi connectivity index (χ2n) is 9.71. The first-order valence-corrected chi connectivity index (χ1v) is 12.3. The zero-order valence-corrected chi connectivity index (χ0v) is 21.7. The van der Waals surface area contributed by atoms with Crippen molar-refractivity contribution in [1.82, 2.24) is 0 Å². The summed E-state index contributed by atoms with van der Waals surface area (Å²) in [7, 11) is 1.60. The molecule has 0 saturated carbocycles. The number of anilines is 2. The van der Waals surface area contributed by atoms with Gasteiger partial charge in [0.15, 0.2) is 0 Å². The predicted molar refractivity (Wildman–Crippen MR) is 146 cm³/mol. The molecule has 7 nitrogen and oxygen atoms in total. The first-order chi connectivity index (χ1) is 17.8. The molecule has 5 rings (SSSR count). The van der Waals surface area contributed by atoms with Crippen LogP contribution in [0, 0.1) is 25.7 Å². The van der Waals surface area contributed by atoms with Gasteiger partial charge in [-0.05, 0) is 69.7 Å². The molecule has 7 heteroatoms. The molecule has 0 aromatic heterocycles. The summed E-state index contributed by atoms with van der Waals surface area (Å²) in [5, 5.41) is 12.2. The van der Waals surface area contributed by atoms with E-state index in [1.807, 2.05) is 100 Å². The van der Waals surface area contributed by atoms with Gasteiger partial charge in [0, 0.05) is 17.3 Å². The largest absolute Gasteiger partial charge is 0.497 e. The van der Waals surface area contributed by atoms with Crippen molar-refractivity contribution in [3.63, 3.8) is 0 Å². The van der Waals surface area contributed by atoms with E-state index >= 15 is 0 Å². The minimum Gasteiger partial charge on any atom is -0.497 e. The molecule has 0 bridgehead atoms. The summed E-state index contributed by atoms with van der Waals surface area (Å²) >= 11 is 0. The lowest BCUT2D eigenvalue weighted by Gasteiger charge is -2.29. The third kappa shape index (κ3) is 4.42. The van der Waals surface area contributed by atoms with Gasteiger partial charge in [0.1, 0.15) is 5.75 Å². The van der Waals surface area contributed by atoms with Crippen LogP contribution in [0.15, 0.2) is 83.0 Å². The Kier molecular flexibility index (Phi) is 6.38. The van der Waals surface area contributed by atoms with E-state index in [1.54, 1.807) is 7.11 Å². The van der Waals surface area contributed by atoms with Gasteiger partial charge in [0.25, 0.3) is 11.8 Å². The summed E-state index contributed by atoms with van der Waals surface area (Å²) in [5.41, 5.74) is 5.75. The fourth-order valence-corrected chi connectivity index (χ4v) is 5.15. The average molecular weight is 495 g/mol. The van der Waals surface area contributed by atoms with Crippen molar-refractivity contribution >= 4 is 34.6 Å². The number of aryl methyl sites for hydroxylation is 2. The van der Waals surface area contributed by atoms with Gasteiger partial charge in [-0.15, -0.1) is 0 Å². The van der Waals surface area contributed by atoms with Crippen LogP contribution in [0.3, 0.4) is 0 Å². The number of benzene rings is 3. The molecule has 2 atom stereocenters. The van der Waals surface area contributed by atoms with Crippen LogP contribution in [0.2, 0.25) is 0 Å². The maximum atomic E-state index is 13.9. The first kappa shape index (κ1) is 24.4. The summed E-state index contributed by atoms with van der Waals surface area (Å²) in [5.74, 6) is -1.44. The summed E-state index contributed by atoms with van der Waals surface area (Å²) in [6, 6.07) is 23.0. The van der Waals surface area contributed by atoms with Crippen LogP contribution in [-0.2, 0) is 9.59 Å². The van der Waals surface area contributed by atoms with Crippen molar-refractivity contribution in [2.75, 3.05) is 17.1 Å². The molecule has 2 unspecified atom stereocenters. The number of rotatable bonds is 6. The number of nitrogens with zero attached hydrogens (tertiary/aromatic N) is 4. The quantitative estimate of drug-likeness (QED) is 0.456. The van der Waals surface area contributed by atoms with Crippen LogP contribution in [0.25, 0.3) is 0 Å². The van der Waals surface area contributed by atoms with E-state index in [9.17, 15) is 9.59 Å². The van der Waals surface area contributed by atoms with E-state index in [0.717, 1.165) is 16.7 Å². The van der Waals surface area contributed by atoms with E-state index in [1.165, 1.54) is 10.0 Å². The van der Waals surface area contributed by atoms with Crippen LogP contribution in [-0.4, -0.2) is 30.3 Å². The Balaban J connectivity index is 1.57. The summed E-state index contributed by atoms with van der Waals surface area (Å²) < 4.78 is 5.49. The van der Waals surface area contributed by atoms with Crippen molar-refractivity contribution in [3.8, 4) is 5.75 Å². The van der Waals surface area contributed by atoms with E-state index in [0.29, 0.717) is 28.5 Å². The third-order valence-corrected chi connectivity index (χ3v) is 7.12. The molecule has 0 spiro atoms. The minimum atomic E-state index is -0.634. The number of carbonyl (C=O) groups is 2. The first-order valence-electron chi connectivity index (χ1n) is 12.3. The Morgan fingerprint density at radius 2 is 1.16 bits per heavy atom. The third-order valence-electron chi connectivity index (χ3n) is 7.12. The molecule has 2 amide bonds. The van der Waals surface area contributed by atoms with Gasteiger partial charge in [0.2, 0.25) is 0 Å². The molecular formula is C30H30N4O3. The topological polar surface area (TPSA) is 74.6 Å². The standard InChI is InChI=1S/C30H30N4O3/c1-18-9-13-23(14-10-18)33-29(35)26(20(3)31-33)28(22-7-6-8-25(17-22)37-5)27-21(4)32-34(30(27)36)24-15-11-19(2)12-16-24/h6-17,26-28H,1-5H3. The molecule has 2 aliphatic rings. The lowest BCUT2D eigenvalue weighted by Crippen LogP contribution is -2.40. The molecule has 188 valence electrons. The maximum absolute atomic E-state index is 13.9. The molecule has 3 aromatic rings. The van der Waals surface area contributed by atoms with Crippen molar-refractivity contribution in [2.45, 2.75) is 33.6 Å². The van der Waals surface area contributed by atoms with Crippen molar-refractivity contribution < 1.29 is 14.3 Å². The molecule has 0 N–H and O–H groups in total. The Morgan fingerprint density at radius 3 is 1.59 bits per heavy atom. The monoisotopic (exact) mass is 494 g/mol. The molecule has 0 aliphatic carbocycles. The molecule has 37 heavy (non-hydrogen) atoms. The van der Waals surface area contributed by atoms with Gasteiger partial charge in [-0.1, -0.05) is 47.5 Å². The normalized spacial score (nSPS) is 20.2. The highest BCUT2D eigenvalue weighted by molar-refractivity contribution is 6.19. The Hall–Kier alpha value is -4.26. The van der Waals surface area contributed by atoms with Crippen molar-refractivity contribution in [1.29, 1.82) is 0 Å². The summed E-state index contributed by atoms with van der Waals surface area (Å²) in [6.07, 6.45) is 0. The SMILES string of the molecule is COc1cccc(C(C2C(=O)N(c3ccc(C)cc3)N=C2C)C2C(=O)N(c3ccc(C)cc3)N=C2C)c1. The smallest absolute Gasteiger partial charge is 0.256 e. The van der Waals surface area contributed by atoms with Gasteiger partial charge in [0.05, 0.1) is 30.3 Å². The molecular weight excluding hydrogens is 464 g/mol.